The third kappa shape index (κ3) is 3.27. The molecule has 0 aliphatic carbocycles. The lowest BCUT2D eigenvalue weighted by molar-refractivity contribution is -0.142. The van der Waals surface area contributed by atoms with E-state index < -0.39 is 17.8 Å². The minimum atomic E-state index is -4.68. The number of thiophene rings is 1. The summed E-state index contributed by atoms with van der Waals surface area (Å²) in [6.07, 6.45) is -2.59. The molecule has 6 nitrogen and oxygen atoms in total. The van der Waals surface area contributed by atoms with Crippen LogP contribution in [0.1, 0.15) is 29.0 Å². The van der Waals surface area contributed by atoms with Gasteiger partial charge < -0.3 is 4.90 Å². The van der Waals surface area contributed by atoms with Crippen LogP contribution in [0.25, 0.3) is 16.2 Å². The van der Waals surface area contributed by atoms with Crippen LogP contribution in [0.15, 0.2) is 23.6 Å². The van der Waals surface area contributed by atoms with Crippen LogP contribution >= 0.6 is 22.9 Å². The van der Waals surface area contributed by atoms with Gasteiger partial charge in [-0.05, 0) is 36.9 Å². The van der Waals surface area contributed by atoms with E-state index >= 15 is 0 Å². The van der Waals surface area contributed by atoms with Crippen LogP contribution in [-0.2, 0) is 6.18 Å². The van der Waals surface area contributed by atoms with Crippen LogP contribution in [0, 0.1) is 0 Å². The first-order valence-electron chi connectivity index (χ1n) is 9.56. The predicted octanol–water partition coefficient (Wildman–Crippen LogP) is 4.05. The number of hydrogen-bond donors (Lipinski definition) is 0. The second-order valence-electron chi connectivity index (χ2n) is 7.48. The van der Waals surface area contributed by atoms with E-state index in [1.807, 2.05) is 0 Å². The van der Waals surface area contributed by atoms with Gasteiger partial charge in [-0.25, -0.2) is 9.50 Å². The number of amides is 1. The van der Waals surface area contributed by atoms with E-state index in [0.29, 0.717) is 22.5 Å². The van der Waals surface area contributed by atoms with Crippen molar-refractivity contribution in [2.75, 3.05) is 26.2 Å². The molecule has 158 valence electrons. The lowest BCUT2D eigenvalue weighted by Gasteiger charge is -2.37. The second kappa shape index (κ2) is 7.21. The number of carbonyl (C=O) groups is 1. The average Bonchev–Trinajstić information content (AvgIpc) is 3.46. The Hall–Kier alpha value is -2.17. The number of hydrogen-bond acceptors (Lipinski definition) is 5. The van der Waals surface area contributed by atoms with Crippen LogP contribution < -0.4 is 0 Å². The summed E-state index contributed by atoms with van der Waals surface area (Å²) in [5, 5.41) is 5.56. The van der Waals surface area contributed by atoms with Crippen molar-refractivity contribution >= 4 is 34.5 Å². The molecule has 2 fully saturated rings. The Morgan fingerprint density at radius 3 is 2.83 bits per heavy atom. The molecule has 30 heavy (non-hydrogen) atoms. The number of alkyl halides is 3. The van der Waals surface area contributed by atoms with E-state index in [1.165, 1.54) is 11.3 Å². The molecular weight excluding hydrogens is 439 g/mol. The van der Waals surface area contributed by atoms with Gasteiger partial charge in [0.25, 0.3) is 5.91 Å². The maximum Gasteiger partial charge on any atom is 0.433 e. The van der Waals surface area contributed by atoms with Crippen molar-refractivity contribution in [1.29, 1.82) is 0 Å². The zero-order valence-corrected chi connectivity index (χ0v) is 17.3. The molecule has 3 aromatic rings. The summed E-state index contributed by atoms with van der Waals surface area (Å²) >= 11 is 7.64. The summed E-state index contributed by atoms with van der Waals surface area (Å²) in [5.74, 6) is -0.456. The number of fused-ring (bicyclic) bond motifs is 2. The zero-order valence-electron chi connectivity index (χ0n) is 15.7. The van der Waals surface area contributed by atoms with Gasteiger partial charge in [-0.3, -0.25) is 9.69 Å². The lowest BCUT2D eigenvalue weighted by Crippen LogP contribution is -2.52. The molecule has 1 atom stereocenters. The quantitative estimate of drug-likeness (QED) is 0.585. The number of piperazine rings is 1. The normalized spacial score (nSPS) is 20.1. The van der Waals surface area contributed by atoms with E-state index in [2.05, 4.69) is 15.0 Å². The molecule has 3 aromatic heterocycles. The average molecular weight is 456 g/mol. The second-order valence-corrected chi connectivity index (χ2v) is 8.81. The van der Waals surface area contributed by atoms with Crippen molar-refractivity contribution in [2.45, 2.75) is 25.1 Å². The lowest BCUT2D eigenvalue weighted by atomic mass is 10.1. The Kier molecular flexibility index (Phi) is 4.75. The molecule has 2 saturated heterocycles. The zero-order chi connectivity index (χ0) is 21.0. The first kappa shape index (κ1) is 19.8. The molecule has 2 aliphatic heterocycles. The van der Waals surface area contributed by atoms with Gasteiger partial charge in [0.1, 0.15) is 5.02 Å². The third-order valence-electron chi connectivity index (χ3n) is 5.67. The molecule has 11 heteroatoms. The van der Waals surface area contributed by atoms with Gasteiger partial charge in [-0.2, -0.15) is 18.3 Å². The molecule has 1 amide bonds. The number of carbonyl (C=O) groups excluding carboxylic acids is 1. The van der Waals surface area contributed by atoms with E-state index in [0.717, 1.165) is 32.0 Å². The van der Waals surface area contributed by atoms with E-state index in [1.54, 1.807) is 22.4 Å². The van der Waals surface area contributed by atoms with Gasteiger partial charge in [0.2, 0.25) is 0 Å². The summed E-state index contributed by atoms with van der Waals surface area (Å²) in [4.78, 5) is 21.9. The molecule has 1 unspecified atom stereocenters. The largest absolute Gasteiger partial charge is 0.433 e. The molecule has 5 rings (SSSR count). The van der Waals surface area contributed by atoms with Crippen molar-refractivity contribution in [3.05, 3.63) is 40.0 Å². The molecule has 0 spiro atoms. The van der Waals surface area contributed by atoms with Crippen molar-refractivity contribution in [2.24, 2.45) is 0 Å². The number of halogens is 4. The fourth-order valence-electron chi connectivity index (χ4n) is 4.21. The fourth-order valence-corrected chi connectivity index (χ4v) is 5.13. The Morgan fingerprint density at radius 1 is 1.27 bits per heavy atom. The van der Waals surface area contributed by atoms with Gasteiger partial charge in [0, 0.05) is 25.7 Å². The van der Waals surface area contributed by atoms with Crippen molar-refractivity contribution in [3.8, 4) is 10.6 Å². The van der Waals surface area contributed by atoms with E-state index in [4.69, 9.17) is 11.6 Å². The standard InChI is InChI=1S/C19H17ClF3N5OS/c20-15-16(18(29)27-7-6-26-5-1-3-11(26)10-27)25-28-14(19(21,22)23)9-12(24-17(15)28)13-4-2-8-30-13/h2,4,8-9,11H,1,3,5-7,10H2. The summed E-state index contributed by atoms with van der Waals surface area (Å²) in [7, 11) is 0. The van der Waals surface area contributed by atoms with Gasteiger partial charge >= 0.3 is 6.18 Å². The van der Waals surface area contributed by atoms with Crippen molar-refractivity contribution in [3.63, 3.8) is 0 Å². The molecule has 2 aliphatic rings. The molecule has 0 bridgehead atoms. The highest BCUT2D eigenvalue weighted by atomic mass is 35.5. The maximum atomic E-state index is 13.8. The topological polar surface area (TPSA) is 53.7 Å². The monoisotopic (exact) mass is 455 g/mol. The number of aromatic nitrogens is 3. The highest BCUT2D eigenvalue weighted by Gasteiger charge is 2.38. The smallest absolute Gasteiger partial charge is 0.334 e. The SMILES string of the molecule is O=C(c1nn2c(C(F)(F)F)cc(-c3cccs3)nc2c1Cl)N1CCN2CCCC2C1. The maximum absolute atomic E-state index is 13.8. The van der Waals surface area contributed by atoms with Crippen LogP contribution in [0.3, 0.4) is 0 Å². The summed E-state index contributed by atoms with van der Waals surface area (Å²) in [6, 6.07) is 4.64. The van der Waals surface area contributed by atoms with E-state index in [9.17, 15) is 18.0 Å². The number of nitrogens with zero attached hydrogens (tertiary/aromatic N) is 5. The van der Waals surface area contributed by atoms with Gasteiger partial charge in [0.15, 0.2) is 17.0 Å². The molecule has 0 aromatic carbocycles. The molecule has 0 N–H and O–H groups in total. The van der Waals surface area contributed by atoms with Gasteiger partial charge in [-0.1, -0.05) is 17.7 Å². The third-order valence-corrected chi connectivity index (χ3v) is 6.91. The highest BCUT2D eigenvalue weighted by molar-refractivity contribution is 7.13. The minimum absolute atomic E-state index is 0.144. The van der Waals surface area contributed by atoms with Crippen molar-refractivity contribution < 1.29 is 18.0 Å². The molecule has 0 radical (unpaired) electrons. The first-order valence-corrected chi connectivity index (χ1v) is 10.8. The van der Waals surface area contributed by atoms with E-state index in [-0.39, 0.29) is 28.1 Å². The van der Waals surface area contributed by atoms with Crippen LogP contribution in [0.2, 0.25) is 5.02 Å². The van der Waals surface area contributed by atoms with Gasteiger partial charge in [0.05, 0.1) is 10.6 Å². The molecular formula is C19H17ClF3N5OS. The fraction of sp³-hybridized carbons (Fsp3) is 0.421. The highest BCUT2D eigenvalue weighted by Crippen LogP contribution is 2.36. The van der Waals surface area contributed by atoms with Crippen molar-refractivity contribution in [1.82, 2.24) is 24.4 Å². The van der Waals surface area contributed by atoms with Gasteiger partial charge in [-0.15, -0.1) is 11.3 Å². The molecule has 0 saturated carbocycles. The van der Waals surface area contributed by atoms with Crippen LogP contribution in [0.5, 0.6) is 0 Å². The first-order chi connectivity index (χ1) is 14.3. The summed E-state index contributed by atoms with van der Waals surface area (Å²) in [5.41, 5.74) is -1.23. The Balaban J connectivity index is 1.58. The summed E-state index contributed by atoms with van der Waals surface area (Å²) < 4.78 is 41.9. The number of rotatable bonds is 2. The Labute approximate surface area is 178 Å². The predicted molar refractivity (Wildman–Crippen MR) is 107 cm³/mol. The molecule has 5 heterocycles. The van der Waals surface area contributed by atoms with Crippen LogP contribution in [0.4, 0.5) is 13.2 Å². The summed E-state index contributed by atoms with van der Waals surface area (Å²) in [6.45, 7) is 2.80. The van der Waals surface area contributed by atoms with Crippen LogP contribution in [-0.4, -0.2) is 62.5 Å². The Morgan fingerprint density at radius 2 is 2.10 bits per heavy atom. The Bertz CT molecular complexity index is 1110. The minimum Gasteiger partial charge on any atom is -0.334 e.